The number of carbonyl (C=O) groups is 6. The molecule has 0 aliphatic heterocycles. The molecular weight excluding hydrogens is 807 g/mol. The van der Waals surface area contributed by atoms with Gasteiger partial charge in [0.05, 0.1) is 45.7 Å². The quantitative estimate of drug-likeness (QED) is 0.0314. The Morgan fingerprint density at radius 3 is 1.47 bits per heavy atom. The minimum Gasteiger partial charge on any atom is -0.481 e. The molecular formula is C40H73N5O12S2. The van der Waals surface area contributed by atoms with Gasteiger partial charge in [0.15, 0.2) is 0 Å². The van der Waals surface area contributed by atoms with E-state index in [2.05, 4.69) is 58.0 Å². The molecule has 0 heterocycles. The number of hydrogen-bond acceptors (Lipinski definition) is 13. The van der Waals surface area contributed by atoms with Gasteiger partial charge in [-0.3, -0.25) is 28.7 Å². The summed E-state index contributed by atoms with van der Waals surface area (Å²) in [6.07, 6.45) is 15.7. The van der Waals surface area contributed by atoms with Gasteiger partial charge in [-0.2, -0.15) is 0 Å². The van der Waals surface area contributed by atoms with Gasteiger partial charge in [-0.25, -0.2) is 4.79 Å². The first kappa shape index (κ1) is 56.1. The Balaban J connectivity index is 3.66. The zero-order valence-corrected chi connectivity index (χ0v) is 36.7. The molecule has 17 nitrogen and oxygen atoms in total. The molecule has 0 fully saturated rings. The van der Waals surface area contributed by atoms with Crippen LogP contribution in [0.2, 0.25) is 0 Å². The molecule has 0 saturated carbocycles. The Morgan fingerprint density at radius 1 is 0.508 bits per heavy atom. The molecule has 0 saturated heterocycles. The molecule has 0 spiro atoms. The van der Waals surface area contributed by atoms with Crippen LogP contribution in [0.15, 0.2) is 12.3 Å². The monoisotopic (exact) mass is 879 g/mol. The SMILES string of the molecule is C=C(CCC(NC(=O)CCCCCCCCCCCCCCC(=O)O)C(=O)O)NCCOCCOCC(=O)NCCOCCOCC(=O)NCCCCC(NS)C(=O)S. The summed E-state index contributed by atoms with van der Waals surface area (Å²) in [5.41, 5.74) is 0.641. The number of allylic oxidation sites excluding steroid dienone is 1. The summed E-state index contributed by atoms with van der Waals surface area (Å²) >= 11 is 7.67. The van der Waals surface area contributed by atoms with Crippen LogP contribution in [0.4, 0.5) is 0 Å². The number of carboxylic acids is 2. The van der Waals surface area contributed by atoms with Crippen molar-refractivity contribution in [3.05, 3.63) is 12.3 Å². The summed E-state index contributed by atoms with van der Waals surface area (Å²) in [7, 11) is 0. The highest BCUT2D eigenvalue weighted by Gasteiger charge is 2.20. The van der Waals surface area contributed by atoms with E-state index in [0.717, 1.165) is 57.8 Å². The molecule has 3 amide bonds. The fourth-order valence-electron chi connectivity index (χ4n) is 5.64. The lowest BCUT2D eigenvalue weighted by Gasteiger charge is -2.16. The fraction of sp³-hybridized carbons (Fsp3) is 0.800. The molecule has 342 valence electrons. The van der Waals surface area contributed by atoms with E-state index in [1.807, 2.05) is 0 Å². The van der Waals surface area contributed by atoms with E-state index >= 15 is 0 Å². The molecule has 2 atom stereocenters. The lowest BCUT2D eigenvalue weighted by Crippen LogP contribution is -2.41. The van der Waals surface area contributed by atoms with Crippen LogP contribution in [-0.4, -0.2) is 130 Å². The van der Waals surface area contributed by atoms with Crippen molar-refractivity contribution >= 4 is 60.2 Å². The van der Waals surface area contributed by atoms with Crippen LogP contribution in [-0.2, 0) is 47.7 Å². The molecule has 2 unspecified atom stereocenters. The molecule has 59 heavy (non-hydrogen) atoms. The van der Waals surface area contributed by atoms with Gasteiger partial charge in [0.1, 0.15) is 19.3 Å². The molecule has 7 N–H and O–H groups in total. The third-order valence-electron chi connectivity index (χ3n) is 9.01. The van der Waals surface area contributed by atoms with E-state index in [4.69, 9.17) is 24.1 Å². The third-order valence-corrected chi connectivity index (χ3v) is 9.63. The average molecular weight is 880 g/mol. The second kappa shape index (κ2) is 40.5. The lowest BCUT2D eigenvalue weighted by molar-refractivity contribution is -0.142. The van der Waals surface area contributed by atoms with Crippen molar-refractivity contribution in [1.29, 1.82) is 0 Å². The summed E-state index contributed by atoms with van der Waals surface area (Å²) in [5, 5.41) is 29.1. The predicted molar refractivity (Wildman–Crippen MR) is 231 cm³/mol. The number of carbonyl (C=O) groups excluding carboxylic acids is 4. The van der Waals surface area contributed by atoms with E-state index < -0.39 is 24.0 Å². The van der Waals surface area contributed by atoms with Crippen molar-refractivity contribution in [2.45, 2.75) is 134 Å². The maximum Gasteiger partial charge on any atom is 0.326 e. The maximum atomic E-state index is 12.4. The molecule has 0 aromatic heterocycles. The van der Waals surface area contributed by atoms with Crippen molar-refractivity contribution < 1.29 is 57.9 Å². The maximum absolute atomic E-state index is 12.4. The number of amides is 3. The van der Waals surface area contributed by atoms with Crippen LogP contribution in [0.5, 0.6) is 0 Å². The summed E-state index contributed by atoms with van der Waals surface area (Å²) in [6.45, 7) is 6.56. The van der Waals surface area contributed by atoms with Gasteiger partial charge < -0.3 is 50.4 Å². The molecule has 0 aromatic carbocycles. The smallest absolute Gasteiger partial charge is 0.326 e. The normalized spacial score (nSPS) is 12.0. The van der Waals surface area contributed by atoms with Crippen molar-refractivity contribution in [2.24, 2.45) is 0 Å². The number of hydrogen-bond donors (Lipinski definition) is 9. The van der Waals surface area contributed by atoms with Gasteiger partial charge in [0.25, 0.3) is 0 Å². The van der Waals surface area contributed by atoms with Crippen molar-refractivity contribution in [3.8, 4) is 0 Å². The van der Waals surface area contributed by atoms with E-state index in [1.165, 1.54) is 25.7 Å². The van der Waals surface area contributed by atoms with E-state index in [9.17, 15) is 33.9 Å². The molecule has 0 aliphatic carbocycles. The predicted octanol–water partition coefficient (Wildman–Crippen LogP) is 3.71. The number of rotatable bonds is 44. The number of nitrogens with one attached hydrogen (secondary N) is 5. The van der Waals surface area contributed by atoms with Crippen molar-refractivity contribution in [3.63, 3.8) is 0 Å². The van der Waals surface area contributed by atoms with E-state index in [1.54, 1.807) is 0 Å². The first-order chi connectivity index (χ1) is 28.5. The lowest BCUT2D eigenvalue weighted by atomic mass is 10.0. The highest BCUT2D eigenvalue weighted by Crippen LogP contribution is 2.13. The summed E-state index contributed by atoms with van der Waals surface area (Å²) in [5.74, 6) is -2.59. The van der Waals surface area contributed by atoms with E-state index in [-0.39, 0.29) is 81.9 Å². The standard InChI is InChI=1S/C40H73N5O12S2/c1-32(19-20-33(39(51)52)44-35(46)17-12-10-8-6-4-2-3-5-7-9-11-13-18-38(49)50)41-22-24-54-26-28-57-31-37(48)43-23-25-55-27-29-56-30-36(47)42-21-15-14-16-34(45-59)40(53)58/h33-34,41,45,59H,1-31H2,(H,42,47)(H,43,48)(H,44,46)(H,49,50)(H,51,52)(H,53,58). The Bertz CT molecular complexity index is 1170. The third kappa shape index (κ3) is 39.0. The van der Waals surface area contributed by atoms with Crippen LogP contribution in [0.1, 0.15) is 122 Å². The van der Waals surface area contributed by atoms with E-state index in [0.29, 0.717) is 57.6 Å². The van der Waals surface area contributed by atoms with Gasteiger partial charge >= 0.3 is 11.9 Å². The Morgan fingerprint density at radius 2 is 0.983 bits per heavy atom. The minimum atomic E-state index is -1.08. The van der Waals surface area contributed by atoms with Gasteiger partial charge in [-0.05, 0) is 44.9 Å². The van der Waals surface area contributed by atoms with Gasteiger partial charge in [0, 0.05) is 38.2 Å². The number of carboxylic acid groups (broad SMARTS) is 2. The number of unbranched alkanes of at least 4 members (excludes halogenated alkanes) is 12. The van der Waals surface area contributed by atoms with Crippen LogP contribution in [0.3, 0.4) is 0 Å². The van der Waals surface area contributed by atoms with Crippen molar-refractivity contribution in [2.75, 3.05) is 72.5 Å². The summed E-state index contributed by atoms with van der Waals surface area (Å²) < 4.78 is 24.1. The molecule has 0 rings (SSSR count). The Labute approximate surface area is 361 Å². The Kier molecular flexibility index (Phi) is 38.4. The fourth-order valence-corrected chi connectivity index (χ4v) is 6.18. The minimum absolute atomic E-state index is 0.0902. The molecule has 0 aliphatic rings. The molecule has 0 aromatic rings. The average Bonchev–Trinajstić information content (AvgIpc) is 3.19. The van der Waals surface area contributed by atoms with Crippen LogP contribution >= 0.6 is 25.4 Å². The number of thiol groups is 2. The van der Waals surface area contributed by atoms with Gasteiger partial charge in [0.2, 0.25) is 22.8 Å². The summed E-state index contributed by atoms with van der Waals surface area (Å²) in [4.78, 5) is 69.5. The summed E-state index contributed by atoms with van der Waals surface area (Å²) in [6, 6.07) is -1.40. The highest BCUT2D eigenvalue weighted by atomic mass is 32.1. The van der Waals surface area contributed by atoms with Crippen molar-refractivity contribution in [1.82, 2.24) is 26.0 Å². The highest BCUT2D eigenvalue weighted by molar-refractivity contribution is 7.96. The van der Waals surface area contributed by atoms with Crippen LogP contribution in [0.25, 0.3) is 0 Å². The van der Waals surface area contributed by atoms with Crippen LogP contribution < -0.4 is 26.0 Å². The zero-order valence-electron chi connectivity index (χ0n) is 34.9. The first-order valence-corrected chi connectivity index (χ1v) is 22.0. The largest absolute Gasteiger partial charge is 0.481 e. The van der Waals surface area contributed by atoms with Gasteiger partial charge in [-0.1, -0.05) is 83.6 Å². The molecule has 19 heteroatoms. The topological polar surface area (TPSA) is 240 Å². The second-order valence-electron chi connectivity index (χ2n) is 14.2. The second-order valence-corrected chi connectivity index (χ2v) is 14.9. The van der Waals surface area contributed by atoms with Crippen LogP contribution in [0, 0.1) is 0 Å². The molecule has 0 bridgehead atoms. The number of aliphatic carboxylic acids is 2. The van der Waals surface area contributed by atoms with Gasteiger partial charge in [-0.15, -0.1) is 12.6 Å². The number of ether oxygens (including phenoxy) is 4. The molecule has 0 radical (unpaired) electrons. The first-order valence-electron chi connectivity index (χ1n) is 21.1. The zero-order chi connectivity index (χ0) is 43.8. The Hall–Kier alpha value is -2.94.